The van der Waals surface area contributed by atoms with Crippen LogP contribution in [0.15, 0.2) is 23.1 Å². The Labute approximate surface area is 175 Å². The van der Waals surface area contributed by atoms with Crippen molar-refractivity contribution in [2.24, 2.45) is 5.92 Å². The number of carbonyl (C=O) groups is 2. The van der Waals surface area contributed by atoms with Crippen LogP contribution in [0.25, 0.3) is 0 Å². The molecular formula is C21H29N3O4S. The zero-order valence-corrected chi connectivity index (χ0v) is 18.3. The summed E-state index contributed by atoms with van der Waals surface area (Å²) in [6.45, 7) is 8.40. The van der Waals surface area contributed by atoms with E-state index in [4.69, 9.17) is 4.74 Å². The van der Waals surface area contributed by atoms with Crippen LogP contribution >= 0.6 is 0 Å². The highest BCUT2D eigenvalue weighted by Crippen LogP contribution is 2.22. The molecule has 1 fully saturated rings. The van der Waals surface area contributed by atoms with Crippen LogP contribution in [0.3, 0.4) is 0 Å². The summed E-state index contributed by atoms with van der Waals surface area (Å²) in [7, 11) is -1.36. The molecule has 2 atom stereocenters. The molecule has 158 valence electrons. The normalized spacial score (nSPS) is 17.8. The summed E-state index contributed by atoms with van der Waals surface area (Å²) in [5.74, 6) is -0.208. The highest BCUT2D eigenvalue weighted by Gasteiger charge is 2.26. The first kappa shape index (κ1) is 23.0. The Hall–Kier alpha value is -2.24. The number of hydrogen-bond donors (Lipinski definition) is 1. The largest absolute Gasteiger partial charge is 0.444 e. The van der Waals surface area contributed by atoms with E-state index in [9.17, 15) is 19.1 Å². The van der Waals surface area contributed by atoms with Crippen LogP contribution in [0, 0.1) is 17.2 Å². The van der Waals surface area contributed by atoms with E-state index in [1.165, 1.54) is 0 Å². The first-order valence-electron chi connectivity index (χ1n) is 9.77. The molecule has 1 amide bonds. The lowest BCUT2D eigenvalue weighted by atomic mass is 9.98. The number of nitriles is 1. The molecule has 2 rings (SSSR count). The molecule has 0 radical (unpaired) electrons. The summed E-state index contributed by atoms with van der Waals surface area (Å²) >= 11 is 0. The molecule has 1 aliphatic rings. The number of ether oxygens (including phenoxy) is 1. The average Bonchev–Trinajstić information content (AvgIpc) is 2.66. The van der Waals surface area contributed by atoms with Crippen LogP contribution in [-0.2, 0) is 26.9 Å². The van der Waals surface area contributed by atoms with Gasteiger partial charge in [0.15, 0.2) is 0 Å². The molecule has 0 spiro atoms. The quantitative estimate of drug-likeness (QED) is 0.715. The van der Waals surface area contributed by atoms with Crippen molar-refractivity contribution in [3.63, 3.8) is 0 Å². The van der Waals surface area contributed by atoms with Gasteiger partial charge in [0, 0.05) is 25.0 Å². The number of nitrogens with one attached hydrogen (secondary N) is 1. The van der Waals surface area contributed by atoms with Gasteiger partial charge in [-0.1, -0.05) is 6.92 Å². The predicted molar refractivity (Wildman–Crippen MR) is 110 cm³/mol. The third-order valence-electron chi connectivity index (χ3n) is 4.58. The minimum absolute atomic E-state index is 0.0110. The summed E-state index contributed by atoms with van der Waals surface area (Å²) < 4.78 is 20.1. The number of hydrogen-bond acceptors (Lipinski definition) is 5. The van der Waals surface area contributed by atoms with E-state index in [0.717, 1.165) is 11.8 Å². The fraction of sp³-hybridized carbons (Fsp3) is 0.571. The molecule has 1 aromatic rings. The van der Waals surface area contributed by atoms with Crippen molar-refractivity contribution in [2.45, 2.75) is 63.5 Å². The van der Waals surface area contributed by atoms with Crippen molar-refractivity contribution < 1.29 is 18.5 Å². The molecule has 0 bridgehead atoms. The Morgan fingerprint density at radius 1 is 1.41 bits per heavy atom. The minimum atomic E-state index is -1.36. The van der Waals surface area contributed by atoms with Gasteiger partial charge in [0.05, 0.1) is 16.5 Å². The van der Waals surface area contributed by atoms with Gasteiger partial charge in [-0.3, -0.25) is 0 Å². The Kier molecular flexibility index (Phi) is 7.94. The first-order valence-corrected chi connectivity index (χ1v) is 10.9. The van der Waals surface area contributed by atoms with Gasteiger partial charge in [0.2, 0.25) is 0 Å². The zero-order valence-electron chi connectivity index (χ0n) is 17.4. The van der Waals surface area contributed by atoms with Crippen LogP contribution in [0.5, 0.6) is 0 Å². The van der Waals surface area contributed by atoms with Crippen LogP contribution in [0.1, 0.15) is 51.7 Å². The van der Waals surface area contributed by atoms with E-state index in [2.05, 4.69) is 11.4 Å². The molecule has 7 nitrogen and oxygen atoms in total. The molecule has 1 N–H and O–H groups in total. The van der Waals surface area contributed by atoms with Gasteiger partial charge in [0.1, 0.15) is 22.9 Å². The summed E-state index contributed by atoms with van der Waals surface area (Å²) in [5, 5.41) is 12.2. The lowest BCUT2D eigenvalue weighted by Gasteiger charge is -2.32. The van der Waals surface area contributed by atoms with Gasteiger partial charge >= 0.3 is 6.09 Å². The number of aldehydes is 1. The number of rotatable bonds is 6. The predicted octanol–water partition coefficient (Wildman–Crippen LogP) is 2.95. The van der Waals surface area contributed by atoms with E-state index in [0.29, 0.717) is 42.8 Å². The molecule has 1 saturated heterocycles. The minimum Gasteiger partial charge on any atom is -0.444 e. The van der Waals surface area contributed by atoms with E-state index in [1.54, 1.807) is 25.1 Å². The topological polar surface area (TPSA) is 99.5 Å². The standard InChI is InChI=1S/C21H29N3O4S/c1-15(14-25)11-17-12-19(6-5-16(17)13-22)29(27)24-9-7-18(8-10-24)23-20(26)28-21(2,3)4/h5-6,12,14-15,18H,7-11H2,1-4H3,(H,23,26). The second kappa shape index (κ2) is 9.99. The second-order valence-electron chi connectivity index (χ2n) is 8.35. The average molecular weight is 420 g/mol. The van der Waals surface area contributed by atoms with Gasteiger partial charge in [-0.05, 0) is 63.8 Å². The molecule has 29 heavy (non-hydrogen) atoms. The molecule has 0 saturated carbocycles. The van der Waals surface area contributed by atoms with Gasteiger partial charge < -0.3 is 14.8 Å². The third-order valence-corrected chi connectivity index (χ3v) is 6.07. The summed E-state index contributed by atoms with van der Waals surface area (Å²) in [4.78, 5) is 23.5. The molecule has 0 aromatic heterocycles. The van der Waals surface area contributed by atoms with Crippen molar-refractivity contribution in [1.29, 1.82) is 5.26 Å². The maximum Gasteiger partial charge on any atom is 0.407 e. The highest BCUT2D eigenvalue weighted by atomic mass is 32.2. The van der Waals surface area contributed by atoms with Crippen LogP contribution in [-0.4, -0.2) is 45.6 Å². The number of nitrogens with zero attached hydrogens (tertiary/aromatic N) is 2. The molecule has 0 aliphatic carbocycles. The fourth-order valence-corrected chi connectivity index (χ4v) is 4.41. The number of piperidine rings is 1. The van der Waals surface area contributed by atoms with E-state index < -0.39 is 22.7 Å². The van der Waals surface area contributed by atoms with Gasteiger partial charge in [-0.2, -0.15) is 5.26 Å². The molecule has 8 heteroatoms. The van der Waals surface area contributed by atoms with Crippen molar-refractivity contribution in [3.8, 4) is 6.07 Å². The Balaban J connectivity index is 1.98. The van der Waals surface area contributed by atoms with E-state index in [1.807, 2.05) is 25.1 Å². The van der Waals surface area contributed by atoms with E-state index >= 15 is 0 Å². The first-order chi connectivity index (χ1) is 13.6. The molecule has 2 unspecified atom stereocenters. The summed E-state index contributed by atoms with van der Waals surface area (Å²) in [6, 6.07) is 7.25. The van der Waals surface area contributed by atoms with Crippen LogP contribution < -0.4 is 5.32 Å². The maximum atomic E-state index is 13.0. The highest BCUT2D eigenvalue weighted by molar-refractivity contribution is 7.82. The molecule has 1 aliphatic heterocycles. The Bertz CT molecular complexity index is 805. The lowest BCUT2D eigenvalue weighted by Crippen LogP contribution is -2.46. The SMILES string of the molecule is CC(C=O)Cc1cc(S(=O)N2CCC(NC(=O)OC(C)(C)C)CC2)ccc1C#N. The van der Waals surface area contributed by atoms with Gasteiger partial charge in [-0.15, -0.1) is 0 Å². The van der Waals surface area contributed by atoms with Crippen molar-refractivity contribution in [3.05, 3.63) is 29.3 Å². The fourth-order valence-electron chi connectivity index (χ4n) is 3.14. The van der Waals surface area contributed by atoms with Gasteiger partial charge in [-0.25, -0.2) is 13.3 Å². The van der Waals surface area contributed by atoms with E-state index in [-0.39, 0.29) is 12.0 Å². The molecule has 1 heterocycles. The van der Waals surface area contributed by atoms with Crippen molar-refractivity contribution in [2.75, 3.05) is 13.1 Å². The number of benzene rings is 1. The molecular weight excluding hydrogens is 390 g/mol. The zero-order chi connectivity index (χ0) is 21.6. The summed E-state index contributed by atoms with van der Waals surface area (Å²) in [5.41, 5.74) is 0.695. The van der Waals surface area contributed by atoms with Gasteiger partial charge in [0.25, 0.3) is 0 Å². The lowest BCUT2D eigenvalue weighted by molar-refractivity contribution is -0.110. The summed E-state index contributed by atoms with van der Waals surface area (Å²) in [6.07, 6.45) is 2.22. The monoisotopic (exact) mass is 419 g/mol. The maximum absolute atomic E-state index is 13.0. The third kappa shape index (κ3) is 6.94. The Morgan fingerprint density at radius 2 is 2.07 bits per heavy atom. The molecule has 1 aromatic carbocycles. The number of amides is 1. The van der Waals surface area contributed by atoms with Crippen molar-refractivity contribution in [1.82, 2.24) is 9.62 Å². The van der Waals surface area contributed by atoms with Crippen LogP contribution in [0.4, 0.5) is 4.79 Å². The second-order valence-corrected chi connectivity index (χ2v) is 9.83. The number of carbonyl (C=O) groups excluding carboxylic acids is 2. The van der Waals surface area contributed by atoms with Crippen LogP contribution in [0.2, 0.25) is 0 Å². The Morgan fingerprint density at radius 3 is 2.62 bits per heavy atom. The number of alkyl carbamates (subject to hydrolysis) is 1. The van der Waals surface area contributed by atoms with Crippen molar-refractivity contribution >= 4 is 23.4 Å². The smallest absolute Gasteiger partial charge is 0.407 e.